The van der Waals surface area contributed by atoms with Gasteiger partial charge in [-0.2, -0.15) is 0 Å². The Morgan fingerprint density at radius 2 is 2.06 bits per heavy atom. The third-order valence-electron chi connectivity index (χ3n) is 2.78. The number of nitrogens with zero attached hydrogens (tertiary/aromatic N) is 2. The van der Waals surface area contributed by atoms with E-state index in [1.807, 2.05) is 0 Å². The second-order valence-electron chi connectivity index (χ2n) is 4.00. The summed E-state index contributed by atoms with van der Waals surface area (Å²) in [6.07, 6.45) is 1.23. The average molecular weight is 248 g/mol. The lowest BCUT2D eigenvalue weighted by atomic mass is 10.1. The molecule has 2 aromatic rings. The van der Waals surface area contributed by atoms with E-state index >= 15 is 0 Å². The highest BCUT2D eigenvalue weighted by atomic mass is 19.1. The molecule has 0 fully saturated rings. The minimum atomic E-state index is -1.15. The molecule has 5 nitrogen and oxygen atoms in total. The summed E-state index contributed by atoms with van der Waals surface area (Å²) in [6, 6.07) is 2.57. The number of aromatic nitrogens is 1. The maximum absolute atomic E-state index is 13.5. The Labute approximate surface area is 101 Å². The summed E-state index contributed by atoms with van der Waals surface area (Å²) < 4.78 is 14.9. The molecular weight excluding hydrogens is 239 g/mol. The van der Waals surface area contributed by atoms with Crippen LogP contribution < -0.4 is 5.43 Å². The first-order chi connectivity index (χ1) is 8.45. The van der Waals surface area contributed by atoms with Gasteiger partial charge in [-0.1, -0.05) is 0 Å². The van der Waals surface area contributed by atoms with Gasteiger partial charge in [-0.05, 0) is 24.6 Å². The molecule has 0 radical (unpaired) electrons. The number of benzene rings is 1. The monoisotopic (exact) mass is 248 g/mol. The van der Waals surface area contributed by atoms with Crippen molar-refractivity contribution in [2.75, 3.05) is 0 Å². The Morgan fingerprint density at radius 3 is 2.67 bits per heavy atom. The van der Waals surface area contributed by atoms with E-state index < -0.39 is 17.2 Å². The van der Waals surface area contributed by atoms with Gasteiger partial charge in [0.15, 0.2) is 0 Å². The summed E-state index contributed by atoms with van der Waals surface area (Å²) in [4.78, 5) is 33.3. The molecular formula is C12H9FN2O3. The highest BCUT2D eigenvalue weighted by Crippen LogP contribution is 2.16. The lowest BCUT2D eigenvalue weighted by Gasteiger charge is -2.08. The van der Waals surface area contributed by atoms with Gasteiger partial charge in [0.1, 0.15) is 11.4 Å². The molecule has 0 spiro atoms. The molecule has 1 aromatic carbocycles. The molecule has 0 saturated heterocycles. The SMILES string of the molecule is Cc1cc2c(cc1F)c(=O)c(C(=O)N=O)cn2C. The van der Waals surface area contributed by atoms with Gasteiger partial charge in [-0.3, -0.25) is 9.59 Å². The fourth-order valence-electron chi connectivity index (χ4n) is 1.81. The van der Waals surface area contributed by atoms with E-state index in [1.165, 1.54) is 16.8 Å². The lowest BCUT2D eigenvalue weighted by molar-refractivity contribution is 0.0999. The van der Waals surface area contributed by atoms with Crippen LogP contribution in [0.25, 0.3) is 10.9 Å². The van der Waals surface area contributed by atoms with Crippen molar-refractivity contribution < 1.29 is 9.18 Å². The van der Waals surface area contributed by atoms with Gasteiger partial charge in [0.05, 0.1) is 5.52 Å². The van der Waals surface area contributed by atoms with Crippen molar-refractivity contribution in [2.24, 2.45) is 12.2 Å². The van der Waals surface area contributed by atoms with Gasteiger partial charge in [0, 0.05) is 23.8 Å². The number of rotatable bonds is 1. The molecule has 1 heterocycles. The van der Waals surface area contributed by atoms with Crippen molar-refractivity contribution in [1.29, 1.82) is 0 Å². The van der Waals surface area contributed by atoms with Crippen LogP contribution in [0.15, 0.2) is 28.3 Å². The van der Waals surface area contributed by atoms with Crippen LogP contribution in [0.4, 0.5) is 4.39 Å². The number of nitroso groups, excluding NO2 is 1. The van der Waals surface area contributed by atoms with Crippen LogP contribution in [-0.2, 0) is 7.05 Å². The Morgan fingerprint density at radius 1 is 1.39 bits per heavy atom. The summed E-state index contributed by atoms with van der Waals surface area (Å²) in [7, 11) is 1.60. The molecule has 92 valence electrons. The third kappa shape index (κ3) is 1.71. The van der Waals surface area contributed by atoms with E-state index in [-0.39, 0.29) is 10.9 Å². The van der Waals surface area contributed by atoms with Gasteiger partial charge in [0.25, 0.3) is 0 Å². The van der Waals surface area contributed by atoms with Crippen molar-refractivity contribution in [3.63, 3.8) is 0 Å². The van der Waals surface area contributed by atoms with Crippen LogP contribution in [0.3, 0.4) is 0 Å². The van der Waals surface area contributed by atoms with Crippen molar-refractivity contribution in [2.45, 2.75) is 6.92 Å². The second-order valence-corrected chi connectivity index (χ2v) is 4.00. The van der Waals surface area contributed by atoms with Crippen LogP contribution in [0.2, 0.25) is 0 Å². The largest absolute Gasteiger partial charge is 0.349 e. The number of amides is 1. The van der Waals surface area contributed by atoms with E-state index in [9.17, 15) is 18.9 Å². The van der Waals surface area contributed by atoms with E-state index in [0.29, 0.717) is 11.1 Å². The number of hydrogen-bond donors (Lipinski definition) is 0. The zero-order valence-electron chi connectivity index (χ0n) is 9.73. The van der Waals surface area contributed by atoms with Crippen molar-refractivity contribution >= 4 is 16.8 Å². The van der Waals surface area contributed by atoms with E-state index in [0.717, 1.165) is 6.07 Å². The molecule has 1 aromatic heterocycles. The van der Waals surface area contributed by atoms with Crippen molar-refractivity contribution in [1.82, 2.24) is 4.57 Å². The van der Waals surface area contributed by atoms with Crippen molar-refractivity contribution in [3.05, 3.63) is 50.4 Å². The van der Waals surface area contributed by atoms with Crippen LogP contribution in [0.5, 0.6) is 0 Å². The normalized spacial score (nSPS) is 10.6. The molecule has 0 aliphatic heterocycles. The van der Waals surface area contributed by atoms with Gasteiger partial charge in [-0.15, -0.1) is 4.91 Å². The first kappa shape index (κ1) is 12.1. The standard InChI is InChI=1S/C12H9FN2O3/c1-6-3-10-7(4-9(6)13)11(16)8(5-15(10)2)12(17)14-18/h3-5H,1-2H3. The summed E-state index contributed by atoms with van der Waals surface area (Å²) in [5.41, 5.74) is -0.165. The molecule has 2 rings (SSSR count). The molecule has 0 aliphatic carbocycles. The minimum Gasteiger partial charge on any atom is -0.349 e. The summed E-state index contributed by atoms with van der Waals surface area (Å²) >= 11 is 0. The van der Waals surface area contributed by atoms with Crippen LogP contribution in [0.1, 0.15) is 15.9 Å². The zero-order chi connectivity index (χ0) is 13.4. The number of carbonyl (C=O) groups is 1. The number of halogens is 1. The smallest absolute Gasteiger partial charge is 0.322 e. The Hall–Kier alpha value is -2.37. The quantitative estimate of drug-likeness (QED) is 0.723. The second kappa shape index (κ2) is 4.14. The molecule has 6 heteroatoms. The fraction of sp³-hybridized carbons (Fsp3) is 0.167. The Balaban J connectivity index is 2.95. The Kier molecular flexibility index (Phi) is 2.78. The number of aryl methyl sites for hydroxylation is 2. The third-order valence-corrected chi connectivity index (χ3v) is 2.78. The molecule has 18 heavy (non-hydrogen) atoms. The fourth-order valence-corrected chi connectivity index (χ4v) is 1.81. The zero-order valence-corrected chi connectivity index (χ0v) is 9.73. The number of pyridine rings is 1. The van der Waals surface area contributed by atoms with E-state index in [2.05, 4.69) is 5.18 Å². The summed E-state index contributed by atoms with van der Waals surface area (Å²) in [5.74, 6) is -1.69. The number of fused-ring (bicyclic) bond motifs is 1. The van der Waals surface area contributed by atoms with Crippen LogP contribution >= 0.6 is 0 Å². The van der Waals surface area contributed by atoms with Gasteiger partial charge in [0.2, 0.25) is 5.43 Å². The molecule has 0 atom stereocenters. The van der Waals surface area contributed by atoms with Gasteiger partial charge < -0.3 is 4.57 Å². The molecule has 1 amide bonds. The minimum absolute atomic E-state index is 0.0510. The predicted octanol–water partition coefficient (Wildman–Crippen LogP) is 1.89. The lowest BCUT2D eigenvalue weighted by Crippen LogP contribution is -2.17. The molecule has 0 bridgehead atoms. The topological polar surface area (TPSA) is 68.5 Å². The van der Waals surface area contributed by atoms with Crippen molar-refractivity contribution in [3.8, 4) is 0 Å². The van der Waals surface area contributed by atoms with Gasteiger partial charge >= 0.3 is 5.91 Å². The van der Waals surface area contributed by atoms with E-state index in [1.54, 1.807) is 14.0 Å². The average Bonchev–Trinajstić information content (AvgIpc) is 2.35. The number of carbonyl (C=O) groups excluding carboxylic acids is 1. The highest BCUT2D eigenvalue weighted by Gasteiger charge is 2.16. The maximum atomic E-state index is 13.5. The van der Waals surface area contributed by atoms with Crippen LogP contribution in [0, 0.1) is 17.6 Å². The van der Waals surface area contributed by atoms with Gasteiger partial charge in [-0.25, -0.2) is 4.39 Å². The maximum Gasteiger partial charge on any atom is 0.322 e. The predicted molar refractivity (Wildman–Crippen MR) is 64.0 cm³/mol. The molecule has 0 N–H and O–H groups in total. The molecule has 0 saturated carbocycles. The Bertz CT molecular complexity index is 734. The molecule has 0 unspecified atom stereocenters. The van der Waals surface area contributed by atoms with Crippen LogP contribution in [-0.4, -0.2) is 10.5 Å². The molecule has 0 aliphatic rings. The first-order valence-corrected chi connectivity index (χ1v) is 5.13. The summed E-state index contributed by atoms with van der Waals surface area (Å²) in [6.45, 7) is 1.57. The van der Waals surface area contributed by atoms with E-state index in [4.69, 9.17) is 0 Å². The highest BCUT2D eigenvalue weighted by molar-refractivity contribution is 5.97. The number of hydrogen-bond acceptors (Lipinski definition) is 3. The summed E-state index contributed by atoms with van der Waals surface area (Å²) in [5, 5.41) is 2.26. The first-order valence-electron chi connectivity index (χ1n) is 5.13.